The first-order valence-corrected chi connectivity index (χ1v) is 5.59. The summed E-state index contributed by atoms with van der Waals surface area (Å²) < 4.78 is 5.71. The maximum Gasteiger partial charge on any atom is 0.231 e. The van der Waals surface area contributed by atoms with Crippen LogP contribution in [0.5, 0.6) is 0 Å². The van der Waals surface area contributed by atoms with Crippen LogP contribution in [-0.2, 0) is 0 Å². The fourth-order valence-electron chi connectivity index (χ4n) is 2.01. The first-order valence-electron chi connectivity index (χ1n) is 5.59. The van der Waals surface area contributed by atoms with E-state index in [1.807, 2.05) is 6.07 Å². The highest BCUT2D eigenvalue weighted by molar-refractivity contribution is 5.84. The van der Waals surface area contributed by atoms with E-state index in [0.717, 1.165) is 17.6 Å². The number of rotatable bonds is 1. The molecule has 0 spiro atoms. The molecule has 0 saturated carbocycles. The number of nitrogens with two attached hydrogens (primary N) is 1. The van der Waals surface area contributed by atoms with Gasteiger partial charge in [0.05, 0.1) is 5.39 Å². The molecular weight excluding hydrogens is 214 g/mol. The van der Waals surface area contributed by atoms with Crippen molar-refractivity contribution >= 4 is 16.9 Å². The van der Waals surface area contributed by atoms with Gasteiger partial charge in [0.25, 0.3) is 0 Å². The predicted octanol–water partition coefficient (Wildman–Crippen LogP) is 2.79. The van der Waals surface area contributed by atoms with Crippen LogP contribution in [0.15, 0.2) is 40.6 Å². The third-order valence-corrected chi connectivity index (χ3v) is 3.03. The van der Waals surface area contributed by atoms with E-state index in [2.05, 4.69) is 35.1 Å². The van der Waals surface area contributed by atoms with Crippen LogP contribution in [0.3, 0.4) is 0 Å². The van der Waals surface area contributed by atoms with Crippen molar-refractivity contribution in [2.75, 3.05) is 5.73 Å². The normalized spacial score (nSPS) is 19.6. The van der Waals surface area contributed by atoms with Crippen molar-refractivity contribution < 1.29 is 4.42 Å². The van der Waals surface area contributed by atoms with E-state index in [1.165, 1.54) is 11.9 Å². The Balaban J connectivity index is 2.02. The SMILES string of the molecule is CC1=CCC(c2cc3c(N)ncnc3o2)C=C1. The summed E-state index contributed by atoms with van der Waals surface area (Å²) in [6.45, 7) is 2.09. The lowest BCUT2D eigenvalue weighted by Crippen LogP contribution is -1.95. The summed E-state index contributed by atoms with van der Waals surface area (Å²) >= 11 is 0. The summed E-state index contributed by atoms with van der Waals surface area (Å²) in [5, 5.41) is 0.794. The predicted molar refractivity (Wildman–Crippen MR) is 66.5 cm³/mol. The second-order valence-electron chi connectivity index (χ2n) is 4.28. The average molecular weight is 227 g/mol. The number of hydrogen-bond donors (Lipinski definition) is 1. The first-order chi connectivity index (χ1) is 8.24. The molecular formula is C13H13N3O. The van der Waals surface area contributed by atoms with Crippen LogP contribution < -0.4 is 5.73 Å². The number of hydrogen-bond acceptors (Lipinski definition) is 4. The number of anilines is 1. The monoisotopic (exact) mass is 227 g/mol. The van der Waals surface area contributed by atoms with E-state index >= 15 is 0 Å². The minimum Gasteiger partial charge on any atom is -0.442 e. The number of allylic oxidation sites excluding steroid dienone is 4. The summed E-state index contributed by atoms with van der Waals surface area (Å²) in [6.07, 6.45) is 8.83. The lowest BCUT2D eigenvalue weighted by atomic mass is 9.95. The molecule has 4 nitrogen and oxygen atoms in total. The Bertz CT molecular complexity index is 625. The Hall–Kier alpha value is -2.10. The lowest BCUT2D eigenvalue weighted by Gasteiger charge is -2.11. The molecule has 1 aliphatic rings. The molecule has 0 aliphatic heterocycles. The van der Waals surface area contributed by atoms with Gasteiger partial charge in [0, 0.05) is 5.92 Å². The highest BCUT2D eigenvalue weighted by Gasteiger charge is 2.16. The van der Waals surface area contributed by atoms with Crippen LogP contribution in [0.1, 0.15) is 25.0 Å². The second kappa shape index (κ2) is 3.73. The minimum absolute atomic E-state index is 0.271. The molecule has 2 heterocycles. The van der Waals surface area contributed by atoms with Crippen LogP contribution in [0.2, 0.25) is 0 Å². The third kappa shape index (κ3) is 1.71. The van der Waals surface area contributed by atoms with E-state index in [-0.39, 0.29) is 5.92 Å². The van der Waals surface area contributed by atoms with Gasteiger partial charge in [0.1, 0.15) is 17.9 Å². The minimum atomic E-state index is 0.271. The molecule has 2 aromatic rings. The number of fused-ring (bicyclic) bond motifs is 1. The van der Waals surface area contributed by atoms with Crippen LogP contribution >= 0.6 is 0 Å². The summed E-state index contributed by atoms with van der Waals surface area (Å²) in [5.41, 5.74) is 7.63. The van der Waals surface area contributed by atoms with Crippen LogP contribution in [0.25, 0.3) is 11.1 Å². The van der Waals surface area contributed by atoms with Crippen molar-refractivity contribution in [2.24, 2.45) is 0 Å². The topological polar surface area (TPSA) is 64.9 Å². The summed E-state index contributed by atoms with van der Waals surface area (Å²) in [7, 11) is 0. The molecule has 86 valence electrons. The second-order valence-corrected chi connectivity index (χ2v) is 4.28. The molecule has 4 heteroatoms. The maximum atomic E-state index is 5.78. The molecule has 3 rings (SSSR count). The van der Waals surface area contributed by atoms with Gasteiger partial charge in [0.2, 0.25) is 5.71 Å². The molecule has 0 fully saturated rings. The fraction of sp³-hybridized carbons (Fsp3) is 0.231. The number of aromatic nitrogens is 2. The maximum absolute atomic E-state index is 5.78. The number of nitrogen functional groups attached to an aromatic ring is 1. The molecule has 1 atom stereocenters. The fourth-order valence-corrected chi connectivity index (χ4v) is 2.01. The van der Waals surface area contributed by atoms with Gasteiger partial charge in [-0.1, -0.05) is 23.8 Å². The third-order valence-electron chi connectivity index (χ3n) is 3.03. The zero-order valence-electron chi connectivity index (χ0n) is 9.55. The largest absolute Gasteiger partial charge is 0.442 e. The molecule has 0 aromatic carbocycles. The Kier molecular flexibility index (Phi) is 2.21. The molecule has 0 amide bonds. The van der Waals surface area contributed by atoms with Crippen molar-refractivity contribution in [3.63, 3.8) is 0 Å². The van der Waals surface area contributed by atoms with Crippen molar-refractivity contribution in [1.82, 2.24) is 9.97 Å². The molecule has 2 N–H and O–H groups in total. The van der Waals surface area contributed by atoms with Crippen LogP contribution in [0, 0.1) is 0 Å². The zero-order chi connectivity index (χ0) is 11.8. The van der Waals surface area contributed by atoms with Crippen molar-refractivity contribution in [3.8, 4) is 0 Å². The average Bonchev–Trinajstić information content (AvgIpc) is 2.75. The van der Waals surface area contributed by atoms with Crippen LogP contribution in [-0.4, -0.2) is 9.97 Å². The lowest BCUT2D eigenvalue weighted by molar-refractivity contribution is 0.516. The zero-order valence-corrected chi connectivity index (χ0v) is 9.55. The van der Waals surface area contributed by atoms with Gasteiger partial charge in [-0.05, 0) is 19.4 Å². The van der Waals surface area contributed by atoms with Crippen molar-refractivity contribution in [1.29, 1.82) is 0 Å². The molecule has 2 aromatic heterocycles. The van der Waals surface area contributed by atoms with E-state index in [1.54, 1.807) is 0 Å². The van der Waals surface area contributed by atoms with Gasteiger partial charge >= 0.3 is 0 Å². The van der Waals surface area contributed by atoms with E-state index in [9.17, 15) is 0 Å². The highest BCUT2D eigenvalue weighted by atomic mass is 16.3. The molecule has 1 unspecified atom stereocenters. The smallest absolute Gasteiger partial charge is 0.231 e. The summed E-state index contributed by atoms with van der Waals surface area (Å²) in [5.74, 6) is 1.64. The van der Waals surface area contributed by atoms with Crippen LogP contribution in [0.4, 0.5) is 5.82 Å². The number of furan rings is 1. The van der Waals surface area contributed by atoms with Gasteiger partial charge in [-0.15, -0.1) is 0 Å². The number of nitrogens with zero attached hydrogens (tertiary/aromatic N) is 2. The molecule has 0 saturated heterocycles. The van der Waals surface area contributed by atoms with E-state index in [4.69, 9.17) is 10.2 Å². The van der Waals surface area contributed by atoms with E-state index in [0.29, 0.717) is 11.5 Å². The van der Waals surface area contributed by atoms with E-state index < -0.39 is 0 Å². The Morgan fingerprint density at radius 2 is 2.29 bits per heavy atom. The first kappa shape index (κ1) is 10.1. The van der Waals surface area contributed by atoms with Gasteiger partial charge in [-0.2, -0.15) is 0 Å². The standard InChI is InChI=1S/C13H13N3O/c1-8-2-4-9(5-3-8)11-6-10-12(14)15-7-16-13(10)17-11/h2-4,6-7,9H,5H2,1H3,(H2,14,15,16). The Morgan fingerprint density at radius 1 is 1.41 bits per heavy atom. The van der Waals surface area contributed by atoms with Gasteiger partial charge in [-0.3, -0.25) is 0 Å². The molecule has 1 aliphatic carbocycles. The quantitative estimate of drug-likeness (QED) is 0.813. The molecule has 0 bridgehead atoms. The van der Waals surface area contributed by atoms with Gasteiger partial charge in [-0.25, -0.2) is 9.97 Å². The Morgan fingerprint density at radius 3 is 3.00 bits per heavy atom. The van der Waals surface area contributed by atoms with Crippen molar-refractivity contribution in [3.05, 3.63) is 42.0 Å². The Labute approximate surface area is 98.9 Å². The van der Waals surface area contributed by atoms with Gasteiger partial charge < -0.3 is 10.2 Å². The summed E-state index contributed by atoms with van der Waals surface area (Å²) in [6, 6.07) is 1.94. The molecule has 17 heavy (non-hydrogen) atoms. The van der Waals surface area contributed by atoms with Gasteiger partial charge in [0.15, 0.2) is 0 Å². The molecule has 0 radical (unpaired) electrons. The highest BCUT2D eigenvalue weighted by Crippen LogP contribution is 2.31. The summed E-state index contributed by atoms with van der Waals surface area (Å²) in [4.78, 5) is 8.03. The van der Waals surface area contributed by atoms with Crippen molar-refractivity contribution in [2.45, 2.75) is 19.3 Å².